The van der Waals surface area contributed by atoms with Gasteiger partial charge in [-0.1, -0.05) is 6.07 Å². The van der Waals surface area contributed by atoms with Crippen molar-refractivity contribution in [2.75, 3.05) is 36.5 Å². The van der Waals surface area contributed by atoms with E-state index in [1.807, 2.05) is 13.0 Å². The number of morpholine rings is 1. The van der Waals surface area contributed by atoms with Gasteiger partial charge in [-0.3, -0.25) is 0 Å². The van der Waals surface area contributed by atoms with Gasteiger partial charge in [-0.25, -0.2) is 19.2 Å². The lowest BCUT2D eigenvalue weighted by atomic mass is 10.2. The van der Waals surface area contributed by atoms with Gasteiger partial charge >= 0.3 is 6.03 Å². The molecule has 2 aromatic rings. The van der Waals surface area contributed by atoms with E-state index in [0.29, 0.717) is 36.1 Å². The minimum atomic E-state index is -0.414. The number of ether oxygens (including phenoxy) is 1. The second kappa shape index (κ2) is 8.09. The highest BCUT2D eigenvalue weighted by Gasteiger charge is 2.15. The van der Waals surface area contributed by atoms with Gasteiger partial charge in [-0.2, -0.15) is 0 Å². The Labute approximate surface area is 151 Å². The van der Waals surface area contributed by atoms with Gasteiger partial charge in [0.25, 0.3) is 0 Å². The zero-order valence-electron chi connectivity index (χ0n) is 14.9. The maximum absolute atomic E-state index is 13.5. The molecule has 0 aliphatic carbocycles. The lowest BCUT2D eigenvalue weighted by molar-refractivity contribution is 0.122. The molecule has 1 fully saturated rings. The molecule has 0 atom stereocenters. The van der Waals surface area contributed by atoms with Crippen LogP contribution in [0.4, 0.5) is 20.8 Å². The second-order valence-electron chi connectivity index (χ2n) is 6.12. The number of hydrogen-bond acceptors (Lipinski definition) is 5. The monoisotopic (exact) mass is 359 g/mol. The molecule has 1 aromatic carbocycles. The topological polar surface area (TPSA) is 79.4 Å². The highest BCUT2D eigenvalue weighted by atomic mass is 19.1. The molecule has 0 spiro atoms. The van der Waals surface area contributed by atoms with Crippen LogP contribution >= 0.6 is 0 Å². The van der Waals surface area contributed by atoms with Crippen molar-refractivity contribution in [2.24, 2.45) is 0 Å². The molecule has 8 heteroatoms. The maximum Gasteiger partial charge on any atom is 0.319 e. The molecule has 0 bridgehead atoms. The number of halogens is 1. The summed E-state index contributed by atoms with van der Waals surface area (Å²) in [7, 11) is 0. The van der Waals surface area contributed by atoms with Crippen molar-refractivity contribution in [3.63, 3.8) is 0 Å². The first-order chi connectivity index (χ1) is 12.5. The second-order valence-corrected chi connectivity index (χ2v) is 6.12. The van der Waals surface area contributed by atoms with Crippen molar-refractivity contribution < 1.29 is 13.9 Å². The lowest BCUT2D eigenvalue weighted by Gasteiger charge is -2.27. The van der Waals surface area contributed by atoms with Crippen LogP contribution in [0.15, 0.2) is 24.3 Å². The van der Waals surface area contributed by atoms with Gasteiger partial charge in [0.05, 0.1) is 25.5 Å². The molecule has 0 unspecified atom stereocenters. The predicted octanol–water partition coefficient (Wildman–Crippen LogP) is 2.39. The number of urea groups is 1. The van der Waals surface area contributed by atoms with E-state index in [4.69, 9.17) is 4.74 Å². The molecule has 2 heterocycles. The molecule has 2 N–H and O–H groups in total. The molecule has 7 nitrogen and oxygen atoms in total. The normalized spacial score (nSPS) is 14.2. The van der Waals surface area contributed by atoms with E-state index in [9.17, 15) is 9.18 Å². The van der Waals surface area contributed by atoms with Crippen LogP contribution in [0.1, 0.15) is 17.0 Å². The van der Waals surface area contributed by atoms with E-state index in [-0.39, 0.29) is 12.4 Å². The van der Waals surface area contributed by atoms with Crippen molar-refractivity contribution in [1.29, 1.82) is 0 Å². The number of rotatable bonds is 4. The summed E-state index contributed by atoms with van der Waals surface area (Å²) < 4.78 is 18.9. The fraction of sp³-hybridized carbons (Fsp3) is 0.389. The van der Waals surface area contributed by atoms with Crippen molar-refractivity contribution in [3.05, 3.63) is 47.0 Å². The molecule has 1 saturated heterocycles. The smallest absolute Gasteiger partial charge is 0.319 e. The molecular weight excluding hydrogens is 337 g/mol. The van der Waals surface area contributed by atoms with Crippen molar-refractivity contribution in [1.82, 2.24) is 15.3 Å². The summed E-state index contributed by atoms with van der Waals surface area (Å²) in [6, 6.07) is 5.99. The van der Waals surface area contributed by atoms with E-state index in [0.717, 1.165) is 18.8 Å². The Kier molecular flexibility index (Phi) is 5.62. The largest absolute Gasteiger partial charge is 0.378 e. The van der Waals surface area contributed by atoms with Gasteiger partial charge in [-0.05, 0) is 32.0 Å². The Balaban J connectivity index is 1.62. The number of benzene rings is 1. The molecule has 138 valence electrons. The van der Waals surface area contributed by atoms with Gasteiger partial charge < -0.3 is 20.3 Å². The third-order valence-corrected chi connectivity index (χ3v) is 4.14. The Morgan fingerprint density at radius 2 is 2.04 bits per heavy atom. The highest BCUT2D eigenvalue weighted by molar-refractivity contribution is 5.90. The Morgan fingerprint density at radius 3 is 2.81 bits per heavy atom. The minimum Gasteiger partial charge on any atom is -0.378 e. The summed E-state index contributed by atoms with van der Waals surface area (Å²) in [5.41, 5.74) is 2.38. The number of amides is 2. The molecule has 2 amide bonds. The first-order valence-electron chi connectivity index (χ1n) is 8.50. The molecule has 26 heavy (non-hydrogen) atoms. The molecule has 1 aromatic heterocycles. The number of hydrogen-bond donors (Lipinski definition) is 2. The van der Waals surface area contributed by atoms with Crippen molar-refractivity contribution in [3.8, 4) is 0 Å². The number of nitrogens with zero attached hydrogens (tertiary/aromatic N) is 3. The maximum atomic E-state index is 13.5. The van der Waals surface area contributed by atoms with Crippen molar-refractivity contribution in [2.45, 2.75) is 20.4 Å². The van der Waals surface area contributed by atoms with Gasteiger partial charge in [0.1, 0.15) is 5.82 Å². The highest BCUT2D eigenvalue weighted by Crippen LogP contribution is 2.17. The Morgan fingerprint density at radius 1 is 1.27 bits per heavy atom. The Hall–Kier alpha value is -2.74. The number of carbonyl (C=O) groups excluding carboxylic acids is 1. The number of anilines is 2. The molecular formula is C18H22FN5O2. The lowest BCUT2D eigenvalue weighted by Crippen LogP contribution is -2.37. The minimum absolute atomic E-state index is 0.251. The SMILES string of the molecule is Cc1cc(CNC(=O)Nc2cccc(F)c2C)nc(N2CCOCC2)n1. The molecule has 1 aliphatic rings. The van der Waals surface area contributed by atoms with Crippen LogP contribution in [0.3, 0.4) is 0 Å². The zero-order chi connectivity index (χ0) is 18.5. The summed E-state index contributed by atoms with van der Waals surface area (Å²) in [4.78, 5) is 23.2. The standard InChI is InChI=1S/C18H22FN5O2/c1-12-10-14(22-17(21-12)24-6-8-26-9-7-24)11-20-18(25)23-16-5-3-4-15(19)13(16)2/h3-5,10H,6-9,11H2,1-2H3,(H2,20,23,25). The van der Waals surface area contributed by atoms with Gasteiger partial charge in [0, 0.05) is 30.0 Å². The number of aryl methyl sites for hydroxylation is 1. The fourth-order valence-electron chi connectivity index (χ4n) is 2.69. The molecule has 3 rings (SSSR count). The van der Waals surface area contributed by atoms with E-state index in [2.05, 4.69) is 25.5 Å². The third kappa shape index (κ3) is 4.45. The first kappa shape index (κ1) is 18.1. The third-order valence-electron chi connectivity index (χ3n) is 4.14. The predicted molar refractivity (Wildman–Crippen MR) is 96.8 cm³/mol. The van der Waals surface area contributed by atoms with Crippen LogP contribution in [0.5, 0.6) is 0 Å². The first-order valence-corrected chi connectivity index (χ1v) is 8.50. The van der Waals surface area contributed by atoms with Crippen LogP contribution in [0, 0.1) is 19.7 Å². The van der Waals surface area contributed by atoms with Gasteiger partial charge in [-0.15, -0.1) is 0 Å². The summed E-state index contributed by atoms with van der Waals surface area (Å²) in [6.07, 6.45) is 0. The van der Waals surface area contributed by atoms with E-state index < -0.39 is 6.03 Å². The Bertz CT molecular complexity index is 793. The summed E-state index contributed by atoms with van der Waals surface area (Å²) in [6.45, 7) is 6.56. The molecule has 1 aliphatic heterocycles. The van der Waals surface area contributed by atoms with Gasteiger partial charge in [0.2, 0.25) is 5.95 Å². The van der Waals surface area contributed by atoms with Crippen LogP contribution < -0.4 is 15.5 Å². The van der Waals surface area contributed by atoms with Gasteiger partial charge in [0.15, 0.2) is 0 Å². The van der Waals surface area contributed by atoms with E-state index in [1.165, 1.54) is 6.07 Å². The molecule has 0 radical (unpaired) electrons. The quantitative estimate of drug-likeness (QED) is 0.876. The number of nitrogens with one attached hydrogen (secondary N) is 2. The van der Waals surface area contributed by atoms with Crippen LogP contribution in [-0.2, 0) is 11.3 Å². The fourth-order valence-corrected chi connectivity index (χ4v) is 2.69. The average Bonchev–Trinajstić information content (AvgIpc) is 2.64. The number of aromatic nitrogens is 2. The van der Waals surface area contributed by atoms with Crippen molar-refractivity contribution >= 4 is 17.7 Å². The summed E-state index contributed by atoms with van der Waals surface area (Å²) >= 11 is 0. The zero-order valence-corrected chi connectivity index (χ0v) is 14.9. The van der Waals surface area contributed by atoms with E-state index >= 15 is 0 Å². The summed E-state index contributed by atoms with van der Waals surface area (Å²) in [5, 5.41) is 5.40. The number of carbonyl (C=O) groups is 1. The van der Waals surface area contributed by atoms with Crippen LogP contribution in [-0.4, -0.2) is 42.3 Å². The van der Waals surface area contributed by atoms with E-state index in [1.54, 1.807) is 19.1 Å². The average molecular weight is 359 g/mol. The van der Waals surface area contributed by atoms with Crippen LogP contribution in [0.25, 0.3) is 0 Å². The van der Waals surface area contributed by atoms with Crippen LogP contribution in [0.2, 0.25) is 0 Å². The summed E-state index contributed by atoms with van der Waals surface area (Å²) in [5.74, 6) is 0.288. The molecule has 0 saturated carbocycles.